The molecule has 0 aliphatic rings. The Balaban J connectivity index is 2.07. The number of aliphatic hydroxyl groups excluding tert-OH is 1. The van der Waals surface area contributed by atoms with Crippen LogP contribution in [0, 0.1) is 0 Å². The van der Waals surface area contributed by atoms with Gasteiger partial charge < -0.3 is 47.6 Å². The molecule has 0 aromatic carbocycles. The van der Waals surface area contributed by atoms with E-state index in [1.54, 1.807) is 0 Å². The number of hydrogen-bond donors (Lipinski definition) is 9. The SMILES string of the molecule is NC(=O)CCC(NC(=O)C(CO)NC(=O)C(Cc1cnc[nH]1)NC(=O)C(N)Cc1cnc[nH]1)C(=O)O. The fourth-order valence-corrected chi connectivity index (χ4v) is 3.11. The number of nitrogens with one attached hydrogen (secondary N) is 5. The van der Waals surface area contributed by atoms with Gasteiger partial charge in [-0.2, -0.15) is 0 Å². The van der Waals surface area contributed by atoms with Gasteiger partial charge in [0.25, 0.3) is 0 Å². The second-order valence-electron chi connectivity index (χ2n) is 7.88. The lowest BCUT2D eigenvalue weighted by molar-refractivity contribution is -0.143. The molecule has 0 fully saturated rings. The highest BCUT2D eigenvalue weighted by molar-refractivity contribution is 5.94. The van der Waals surface area contributed by atoms with Crippen molar-refractivity contribution >= 4 is 29.6 Å². The first-order valence-corrected chi connectivity index (χ1v) is 10.8. The number of hydrogen-bond acceptors (Lipinski definition) is 9. The maximum Gasteiger partial charge on any atom is 0.326 e. The highest BCUT2D eigenvalue weighted by Gasteiger charge is 2.30. The average molecular weight is 508 g/mol. The minimum absolute atomic E-state index is 0.0511. The van der Waals surface area contributed by atoms with Gasteiger partial charge in [0.05, 0.1) is 25.3 Å². The Morgan fingerprint density at radius 3 is 1.89 bits per heavy atom. The number of aromatic amines is 2. The van der Waals surface area contributed by atoms with Crippen LogP contribution in [-0.2, 0) is 36.8 Å². The summed E-state index contributed by atoms with van der Waals surface area (Å²) in [6.07, 6.45) is 5.22. The van der Waals surface area contributed by atoms with Crippen molar-refractivity contribution in [2.75, 3.05) is 6.61 Å². The molecule has 11 N–H and O–H groups in total. The number of aromatic nitrogens is 4. The molecule has 16 nitrogen and oxygen atoms in total. The lowest BCUT2D eigenvalue weighted by Gasteiger charge is -2.24. The summed E-state index contributed by atoms with van der Waals surface area (Å²) in [6, 6.07) is -5.27. The van der Waals surface area contributed by atoms with Crippen LogP contribution < -0.4 is 27.4 Å². The predicted octanol–water partition coefficient (Wildman–Crippen LogP) is -3.96. The summed E-state index contributed by atoms with van der Waals surface area (Å²) in [7, 11) is 0. The molecule has 0 saturated heterocycles. The van der Waals surface area contributed by atoms with Crippen LogP contribution in [0.4, 0.5) is 0 Å². The number of carboxylic acid groups (broad SMARTS) is 1. The molecule has 196 valence electrons. The maximum atomic E-state index is 13.0. The van der Waals surface area contributed by atoms with Crippen molar-refractivity contribution in [3.05, 3.63) is 36.4 Å². The Morgan fingerprint density at radius 2 is 1.39 bits per heavy atom. The Kier molecular flexibility index (Phi) is 10.5. The molecule has 0 radical (unpaired) electrons. The summed E-state index contributed by atoms with van der Waals surface area (Å²) in [6.45, 7) is -0.871. The van der Waals surface area contributed by atoms with E-state index in [1.807, 2.05) is 0 Å². The van der Waals surface area contributed by atoms with E-state index in [0.717, 1.165) is 0 Å². The molecule has 4 unspecified atom stereocenters. The van der Waals surface area contributed by atoms with Gasteiger partial charge >= 0.3 is 5.97 Å². The van der Waals surface area contributed by atoms with Gasteiger partial charge in [0.15, 0.2) is 0 Å². The third-order valence-corrected chi connectivity index (χ3v) is 5.05. The Labute approximate surface area is 204 Å². The van der Waals surface area contributed by atoms with E-state index in [0.29, 0.717) is 11.4 Å². The number of carbonyl (C=O) groups excluding carboxylic acids is 4. The molecule has 16 heteroatoms. The minimum atomic E-state index is -1.55. The molecule has 2 aromatic rings. The highest BCUT2D eigenvalue weighted by atomic mass is 16.4. The van der Waals surface area contributed by atoms with Crippen LogP contribution in [0.25, 0.3) is 0 Å². The maximum absolute atomic E-state index is 13.0. The smallest absolute Gasteiger partial charge is 0.326 e. The van der Waals surface area contributed by atoms with Crippen LogP contribution in [0.2, 0.25) is 0 Å². The van der Waals surface area contributed by atoms with Crippen LogP contribution in [0.5, 0.6) is 0 Å². The van der Waals surface area contributed by atoms with Crippen molar-refractivity contribution in [3.8, 4) is 0 Å². The van der Waals surface area contributed by atoms with Crippen LogP contribution in [0.15, 0.2) is 25.0 Å². The van der Waals surface area contributed by atoms with Gasteiger partial charge in [-0.25, -0.2) is 14.8 Å². The molecule has 2 rings (SSSR count). The largest absolute Gasteiger partial charge is 0.480 e. The van der Waals surface area contributed by atoms with E-state index in [2.05, 4.69) is 35.9 Å². The number of H-pyrrole nitrogens is 2. The van der Waals surface area contributed by atoms with Gasteiger partial charge in [0.2, 0.25) is 23.6 Å². The molecular formula is C20H29N9O7. The number of aliphatic carboxylic acids is 1. The molecule has 4 atom stereocenters. The number of amides is 4. The number of carboxylic acids is 1. The second-order valence-corrected chi connectivity index (χ2v) is 7.88. The average Bonchev–Trinajstić information content (AvgIpc) is 3.53. The van der Waals surface area contributed by atoms with Gasteiger partial charge in [0.1, 0.15) is 18.1 Å². The zero-order valence-electron chi connectivity index (χ0n) is 19.1. The van der Waals surface area contributed by atoms with Crippen molar-refractivity contribution in [1.82, 2.24) is 35.9 Å². The lowest BCUT2D eigenvalue weighted by Crippen LogP contribution is -2.58. The third kappa shape index (κ3) is 8.80. The molecular weight excluding hydrogens is 478 g/mol. The number of nitrogens with two attached hydrogens (primary N) is 2. The van der Waals surface area contributed by atoms with Crippen molar-refractivity contribution in [1.29, 1.82) is 0 Å². The van der Waals surface area contributed by atoms with Gasteiger partial charge in [0, 0.05) is 43.0 Å². The quantitative estimate of drug-likeness (QED) is 0.113. The summed E-state index contributed by atoms with van der Waals surface area (Å²) < 4.78 is 0. The fourth-order valence-electron chi connectivity index (χ4n) is 3.11. The number of nitrogens with zero attached hydrogens (tertiary/aromatic N) is 2. The van der Waals surface area contributed by atoms with Gasteiger partial charge in [-0.3, -0.25) is 19.2 Å². The molecule has 0 aliphatic carbocycles. The summed E-state index contributed by atoms with van der Waals surface area (Å²) >= 11 is 0. The molecule has 36 heavy (non-hydrogen) atoms. The molecule has 0 bridgehead atoms. The number of imidazole rings is 2. The lowest BCUT2D eigenvalue weighted by atomic mass is 10.1. The molecule has 2 heterocycles. The molecule has 0 aliphatic heterocycles. The zero-order valence-corrected chi connectivity index (χ0v) is 19.1. The summed E-state index contributed by atoms with van der Waals surface area (Å²) in [4.78, 5) is 73.8. The number of primary amides is 1. The van der Waals surface area contributed by atoms with E-state index in [-0.39, 0.29) is 25.7 Å². The third-order valence-electron chi connectivity index (χ3n) is 5.05. The summed E-state index contributed by atoms with van der Waals surface area (Å²) in [5.41, 5.74) is 12.0. The standard InChI is InChI=1S/C20H29N9O7/c21-12(3-10-5-23-8-25-10)17(32)28-14(4-11-6-24-9-26-11)18(33)29-15(7-30)19(34)27-13(20(35)36)1-2-16(22)31/h5-6,8-9,12-15,30H,1-4,7,21H2,(H2,22,31)(H,23,25)(H,24,26)(H,27,34)(H,28,32)(H,29,33)(H,35,36). The summed E-state index contributed by atoms with van der Waals surface area (Å²) in [5.74, 6) is -4.70. The number of rotatable bonds is 15. The molecule has 2 aromatic heterocycles. The van der Waals surface area contributed by atoms with Crippen molar-refractivity contribution in [2.24, 2.45) is 11.5 Å². The number of carbonyl (C=O) groups is 5. The number of aliphatic hydroxyl groups is 1. The zero-order chi connectivity index (χ0) is 26.7. The Morgan fingerprint density at radius 1 is 0.861 bits per heavy atom. The minimum Gasteiger partial charge on any atom is -0.480 e. The predicted molar refractivity (Wildman–Crippen MR) is 122 cm³/mol. The van der Waals surface area contributed by atoms with Gasteiger partial charge in [-0.05, 0) is 6.42 Å². The first kappa shape index (κ1) is 27.9. The first-order valence-electron chi connectivity index (χ1n) is 10.8. The van der Waals surface area contributed by atoms with E-state index in [9.17, 15) is 34.2 Å². The Bertz CT molecular complexity index is 1030. The first-order chi connectivity index (χ1) is 17.1. The van der Waals surface area contributed by atoms with Crippen LogP contribution in [0.1, 0.15) is 24.2 Å². The topological polar surface area (TPSA) is 271 Å². The summed E-state index contributed by atoms with van der Waals surface area (Å²) in [5, 5.41) is 25.8. The van der Waals surface area contributed by atoms with Crippen molar-refractivity contribution in [2.45, 2.75) is 49.9 Å². The molecule has 4 amide bonds. The van der Waals surface area contributed by atoms with E-state index in [1.165, 1.54) is 25.0 Å². The Hall–Kier alpha value is -4.31. The van der Waals surface area contributed by atoms with Crippen LogP contribution in [-0.4, -0.2) is 90.5 Å². The van der Waals surface area contributed by atoms with Crippen molar-refractivity contribution < 1.29 is 34.2 Å². The van der Waals surface area contributed by atoms with Crippen molar-refractivity contribution in [3.63, 3.8) is 0 Å². The molecule has 0 saturated carbocycles. The van der Waals surface area contributed by atoms with E-state index in [4.69, 9.17) is 11.5 Å². The fraction of sp³-hybridized carbons (Fsp3) is 0.450. The highest BCUT2D eigenvalue weighted by Crippen LogP contribution is 2.03. The van der Waals surface area contributed by atoms with E-state index < -0.39 is 60.4 Å². The van der Waals surface area contributed by atoms with Gasteiger partial charge in [-0.15, -0.1) is 0 Å². The van der Waals surface area contributed by atoms with Crippen LogP contribution in [0.3, 0.4) is 0 Å². The normalized spacial score (nSPS) is 14.2. The van der Waals surface area contributed by atoms with Gasteiger partial charge in [-0.1, -0.05) is 0 Å². The molecule has 0 spiro atoms. The second kappa shape index (κ2) is 13.5. The monoisotopic (exact) mass is 507 g/mol. The van der Waals surface area contributed by atoms with E-state index >= 15 is 0 Å². The van der Waals surface area contributed by atoms with Crippen LogP contribution >= 0.6 is 0 Å².